The van der Waals surface area contributed by atoms with Gasteiger partial charge >= 0.3 is 0 Å². The molecule has 12 aromatic rings. The Morgan fingerprint density at radius 1 is 0.310 bits per heavy atom. The molecule has 0 amide bonds. The standard InChI is InChI=1S/C54H36N2OSi/c1-4-17-39(18-5-1)58(40-19-6-2-7-20-40,41-21-8-3-9-22-41)53-30-16-28-49-54(53)46-25-11-14-27-48(46)55(49)37-31-33-43-42-23-10-13-26-47(42)56(50(43)35-37)38-32-34-45-44-24-12-15-29-51(44)57-52(45)36-38/h1-36H. The molecule has 0 bridgehead atoms. The number of furan rings is 1. The number of aromatic nitrogens is 2. The van der Waals surface area contributed by atoms with Crippen molar-refractivity contribution in [2.45, 2.75) is 0 Å². The van der Waals surface area contributed by atoms with Gasteiger partial charge < -0.3 is 13.6 Å². The number of hydrogen-bond donors (Lipinski definition) is 0. The van der Waals surface area contributed by atoms with Gasteiger partial charge in [0.2, 0.25) is 0 Å². The van der Waals surface area contributed by atoms with Gasteiger partial charge in [-0.15, -0.1) is 0 Å². The van der Waals surface area contributed by atoms with Crippen LogP contribution in [0.2, 0.25) is 0 Å². The number of rotatable bonds is 6. The molecule has 0 aliphatic heterocycles. The van der Waals surface area contributed by atoms with Crippen molar-refractivity contribution in [1.29, 1.82) is 0 Å². The topological polar surface area (TPSA) is 23.0 Å². The molecule has 0 saturated heterocycles. The lowest BCUT2D eigenvalue weighted by atomic mass is 10.1. The average Bonchev–Trinajstić information content (AvgIpc) is 3.95. The van der Waals surface area contributed by atoms with Gasteiger partial charge in [0.1, 0.15) is 11.2 Å². The van der Waals surface area contributed by atoms with Crippen molar-refractivity contribution in [2.24, 2.45) is 0 Å². The smallest absolute Gasteiger partial charge is 0.180 e. The highest BCUT2D eigenvalue weighted by molar-refractivity contribution is 7.20. The van der Waals surface area contributed by atoms with E-state index in [0.717, 1.165) is 38.8 Å². The molecule has 4 heteroatoms. The van der Waals surface area contributed by atoms with Crippen LogP contribution in [0.1, 0.15) is 0 Å². The Balaban J connectivity index is 1.16. The highest BCUT2D eigenvalue weighted by Gasteiger charge is 2.43. The minimum atomic E-state index is -2.85. The molecule has 12 rings (SSSR count). The van der Waals surface area contributed by atoms with Gasteiger partial charge in [-0.2, -0.15) is 0 Å². The second-order valence-corrected chi connectivity index (χ2v) is 19.0. The highest BCUT2D eigenvalue weighted by Crippen LogP contribution is 2.38. The van der Waals surface area contributed by atoms with E-state index in [9.17, 15) is 0 Å². The lowest BCUT2D eigenvalue weighted by molar-refractivity contribution is 0.668. The van der Waals surface area contributed by atoms with E-state index in [4.69, 9.17) is 4.42 Å². The van der Waals surface area contributed by atoms with Gasteiger partial charge in [0.15, 0.2) is 8.07 Å². The molecule has 272 valence electrons. The van der Waals surface area contributed by atoms with Crippen molar-refractivity contribution in [3.63, 3.8) is 0 Å². The average molecular weight is 757 g/mol. The van der Waals surface area contributed by atoms with E-state index in [-0.39, 0.29) is 0 Å². The van der Waals surface area contributed by atoms with Crippen molar-refractivity contribution in [2.75, 3.05) is 0 Å². The predicted octanol–water partition coefficient (Wildman–Crippen LogP) is 11.2. The number of para-hydroxylation sites is 3. The van der Waals surface area contributed by atoms with Crippen LogP contribution < -0.4 is 20.7 Å². The molecular formula is C54H36N2OSi. The molecule has 0 aliphatic rings. The monoisotopic (exact) mass is 756 g/mol. The van der Waals surface area contributed by atoms with Crippen LogP contribution in [0.3, 0.4) is 0 Å². The number of benzene rings is 9. The van der Waals surface area contributed by atoms with E-state index >= 15 is 0 Å². The molecule has 0 spiro atoms. The summed E-state index contributed by atoms with van der Waals surface area (Å²) >= 11 is 0. The van der Waals surface area contributed by atoms with Crippen LogP contribution in [0.5, 0.6) is 0 Å². The van der Waals surface area contributed by atoms with Crippen LogP contribution in [0.4, 0.5) is 0 Å². The Kier molecular flexibility index (Phi) is 7.25. The number of fused-ring (bicyclic) bond motifs is 9. The Morgan fingerprint density at radius 2 is 0.776 bits per heavy atom. The third kappa shape index (κ3) is 4.67. The SMILES string of the molecule is c1ccc([Si](c2ccccc2)(c2ccccc2)c2cccc3c2c2ccccc2n3-c2ccc3c4ccccc4n(-c4ccc5c(c4)oc4ccccc45)c3c2)cc1. The summed E-state index contributed by atoms with van der Waals surface area (Å²) in [6.45, 7) is 0. The van der Waals surface area contributed by atoms with Crippen molar-refractivity contribution in [3.8, 4) is 11.4 Å². The number of nitrogens with zero attached hydrogens (tertiary/aromatic N) is 2. The van der Waals surface area contributed by atoms with Crippen molar-refractivity contribution < 1.29 is 4.42 Å². The van der Waals surface area contributed by atoms with E-state index < -0.39 is 8.07 Å². The maximum Gasteiger partial charge on any atom is 0.180 e. The minimum absolute atomic E-state index is 0.888. The first-order chi connectivity index (χ1) is 28.8. The molecule has 3 heterocycles. The second kappa shape index (κ2) is 12.8. The van der Waals surface area contributed by atoms with E-state index in [1.807, 2.05) is 12.1 Å². The molecule has 0 atom stereocenters. The molecule has 0 saturated carbocycles. The van der Waals surface area contributed by atoms with Gasteiger partial charge in [-0.05, 0) is 69.3 Å². The zero-order valence-electron chi connectivity index (χ0n) is 31.6. The third-order valence-electron chi connectivity index (χ3n) is 12.3. The van der Waals surface area contributed by atoms with Gasteiger partial charge in [0.25, 0.3) is 0 Å². The second-order valence-electron chi connectivity index (χ2n) is 15.2. The number of hydrogen-bond acceptors (Lipinski definition) is 1. The maximum absolute atomic E-state index is 6.41. The molecule has 3 nitrogen and oxygen atoms in total. The minimum Gasteiger partial charge on any atom is -0.456 e. The summed E-state index contributed by atoms with van der Waals surface area (Å²) in [7, 11) is -2.85. The Bertz CT molecular complexity index is 3410. The van der Waals surface area contributed by atoms with E-state index in [0.29, 0.717) is 0 Å². The first-order valence-corrected chi connectivity index (χ1v) is 21.9. The lowest BCUT2D eigenvalue weighted by Crippen LogP contribution is -2.74. The lowest BCUT2D eigenvalue weighted by Gasteiger charge is -2.35. The fourth-order valence-electron chi connectivity index (χ4n) is 9.87. The summed E-state index contributed by atoms with van der Waals surface area (Å²) in [5, 5.41) is 12.7. The summed E-state index contributed by atoms with van der Waals surface area (Å²) in [4.78, 5) is 0. The molecule has 58 heavy (non-hydrogen) atoms. The highest BCUT2D eigenvalue weighted by atomic mass is 28.3. The zero-order valence-corrected chi connectivity index (χ0v) is 32.6. The molecule has 0 aliphatic carbocycles. The van der Waals surface area contributed by atoms with Gasteiger partial charge in [-0.3, -0.25) is 0 Å². The normalized spacial score (nSPS) is 12.1. The molecule has 0 unspecified atom stereocenters. The van der Waals surface area contributed by atoms with Crippen LogP contribution in [0.15, 0.2) is 223 Å². The quantitative estimate of drug-likeness (QED) is 0.122. The van der Waals surface area contributed by atoms with Gasteiger partial charge in [-0.1, -0.05) is 164 Å². The van der Waals surface area contributed by atoms with Gasteiger partial charge in [-0.25, -0.2) is 0 Å². The molecule has 0 radical (unpaired) electrons. The first kappa shape index (κ1) is 32.8. The Labute approximate surface area is 336 Å². The summed E-state index contributed by atoms with van der Waals surface area (Å²) < 4.78 is 11.3. The fourth-order valence-corrected chi connectivity index (χ4v) is 14.9. The molecule has 3 aromatic heterocycles. The van der Waals surface area contributed by atoms with E-state index in [2.05, 4.69) is 215 Å². The Hall–Kier alpha value is -7.40. The largest absolute Gasteiger partial charge is 0.456 e. The van der Waals surface area contributed by atoms with E-state index in [1.54, 1.807) is 0 Å². The van der Waals surface area contributed by atoms with Crippen molar-refractivity contribution >= 4 is 94.4 Å². The summed E-state index contributed by atoms with van der Waals surface area (Å²) in [5.41, 5.74) is 8.69. The zero-order chi connectivity index (χ0) is 38.2. The molecule has 0 fully saturated rings. The Morgan fingerprint density at radius 3 is 1.45 bits per heavy atom. The first-order valence-electron chi connectivity index (χ1n) is 19.9. The summed E-state index contributed by atoms with van der Waals surface area (Å²) in [6.07, 6.45) is 0. The van der Waals surface area contributed by atoms with Gasteiger partial charge in [0, 0.05) is 49.8 Å². The summed E-state index contributed by atoms with van der Waals surface area (Å²) in [6, 6.07) is 80.3. The molecular weight excluding hydrogens is 721 g/mol. The third-order valence-corrected chi connectivity index (χ3v) is 17.1. The van der Waals surface area contributed by atoms with Crippen LogP contribution in [0.25, 0.3) is 76.9 Å². The molecule has 9 aromatic carbocycles. The maximum atomic E-state index is 6.41. The van der Waals surface area contributed by atoms with Crippen LogP contribution >= 0.6 is 0 Å². The van der Waals surface area contributed by atoms with Crippen molar-refractivity contribution in [3.05, 3.63) is 218 Å². The van der Waals surface area contributed by atoms with Crippen LogP contribution in [-0.2, 0) is 0 Å². The summed E-state index contributed by atoms with van der Waals surface area (Å²) in [5.74, 6) is 0. The van der Waals surface area contributed by atoms with Gasteiger partial charge in [0.05, 0.1) is 22.1 Å². The van der Waals surface area contributed by atoms with Crippen LogP contribution in [0, 0.1) is 0 Å². The predicted molar refractivity (Wildman–Crippen MR) is 246 cm³/mol. The fraction of sp³-hybridized carbons (Fsp3) is 0. The molecule has 0 N–H and O–H groups in total. The van der Waals surface area contributed by atoms with E-state index in [1.165, 1.54) is 58.8 Å². The van der Waals surface area contributed by atoms with Crippen LogP contribution in [-0.4, -0.2) is 17.2 Å². The van der Waals surface area contributed by atoms with Crippen molar-refractivity contribution in [1.82, 2.24) is 9.13 Å².